The monoisotopic (exact) mass is 164 g/mol. The van der Waals surface area contributed by atoms with Gasteiger partial charge in [0.15, 0.2) is 5.78 Å². The summed E-state index contributed by atoms with van der Waals surface area (Å²) in [5, 5.41) is 0. The second-order valence-electron chi connectivity index (χ2n) is 4.07. The summed E-state index contributed by atoms with van der Waals surface area (Å²) >= 11 is 0. The number of Topliss-reactive ketones (excluding diaryl/α,β-unsaturated/α-hetero) is 1. The Labute approximate surface area is 74.2 Å². The molecule has 0 amide bonds. The summed E-state index contributed by atoms with van der Waals surface area (Å²) in [5.41, 5.74) is 1.15. The van der Waals surface area contributed by atoms with Crippen LogP contribution in [-0.4, -0.2) is 5.78 Å². The van der Waals surface area contributed by atoms with E-state index in [1.54, 1.807) is 6.08 Å². The van der Waals surface area contributed by atoms with Gasteiger partial charge in [-0.05, 0) is 23.8 Å². The molecule has 0 aliphatic heterocycles. The summed E-state index contributed by atoms with van der Waals surface area (Å²) in [6, 6.07) is 0. The number of hydrogen-bond acceptors (Lipinski definition) is 1. The van der Waals surface area contributed by atoms with Gasteiger partial charge in [0.05, 0.1) is 0 Å². The first-order valence-electron chi connectivity index (χ1n) is 4.41. The Morgan fingerprint density at radius 2 is 2.33 bits per heavy atom. The molecular formula is C11H16O. The third-order valence-corrected chi connectivity index (χ3v) is 2.28. The first-order chi connectivity index (χ1) is 5.55. The fourth-order valence-electron chi connectivity index (χ4n) is 1.55. The number of ketones is 1. The number of allylic oxidation sites excluding steroid dienone is 3. The van der Waals surface area contributed by atoms with E-state index in [1.165, 1.54) is 0 Å². The van der Waals surface area contributed by atoms with E-state index in [-0.39, 0.29) is 5.41 Å². The Bertz CT molecular complexity index is 233. The van der Waals surface area contributed by atoms with Crippen LogP contribution in [0.4, 0.5) is 0 Å². The van der Waals surface area contributed by atoms with Crippen molar-refractivity contribution >= 4 is 5.78 Å². The molecule has 0 bridgehead atoms. The van der Waals surface area contributed by atoms with Crippen LogP contribution in [0.2, 0.25) is 0 Å². The third kappa shape index (κ3) is 2.07. The van der Waals surface area contributed by atoms with Crippen LogP contribution in [0, 0.1) is 5.41 Å². The lowest BCUT2D eigenvalue weighted by Gasteiger charge is -2.26. The Morgan fingerprint density at radius 1 is 1.67 bits per heavy atom. The topological polar surface area (TPSA) is 17.1 Å². The van der Waals surface area contributed by atoms with Crippen LogP contribution in [0.5, 0.6) is 0 Å². The fraction of sp³-hybridized carbons (Fsp3) is 0.545. The minimum Gasteiger partial charge on any atom is -0.295 e. The van der Waals surface area contributed by atoms with Crippen molar-refractivity contribution in [3.05, 3.63) is 24.3 Å². The van der Waals surface area contributed by atoms with Crippen molar-refractivity contribution in [1.82, 2.24) is 0 Å². The van der Waals surface area contributed by atoms with E-state index in [9.17, 15) is 4.79 Å². The van der Waals surface area contributed by atoms with Crippen LogP contribution >= 0.6 is 0 Å². The molecule has 1 aliphatic carbocycles. The van der Waals surface area contributed by atoms with Gasteiger partial charge in [-0.2, -0.15) is 0 Å². The average Bonchev–Trinajstić information content (AvgIpc) is 1.97. The molecule has 0 heterocycles. The minimum absolute atomic E-state index is 0.201. The third-order valence-electron chi connectivity index (χ3n) is 2.28. The number of rotatable bonds is 2. The zero-order valence-corrected chi connectivity index (χ0v) is 7.89. The molecule has 0 atom stereocenters. The summed E-state index contributed by atoms with van der Waals surface area (Å²) < 4.78 is 0. The molecule has 0 fully saturated rings. The largest absolute Gasteiger partial charge is 0.295 e. The molecule has 0 unspecified atom stereocenters. The number of carbonyl (C=O) groups excluding carboxylic acids is 1. The van der Waals surface area contributed by atoms with E-state index < -0.39 is 0 Å². The lowest BCUT2D eigenvalue weighted by atomic mass is 9.78. The quantitative estimate of drug-likeness (QED) is 0.573. The zero-order chi connectivity index (χ0) is 9.19. The van der Waals surface area contributed by atoms with Crippen molar-refractivity contribution in [2.75, 3.05) is 0 Å². The van der Waals surface area contributed by atoms with Crippen molar-refractivity contribution < 1.29 is 4.79 Å². The van der Waals surface area contributed by atoms with Crippen LogP contribution in [0.3, 0.4) is 0 Å². The maximum absolute atomic E-state index is 11.4. The van der Waals surface area contributed by atoms with E-state index in [1.807, 2.05) is 0 Å². The molecule has 0 aromatic rings. The van der Waals surface area contributed by atoms with Gasteiger partial charge in [0.1, 0.15) is 0 Å². The molecule has 0 saturated carbocycles. The molecule has 0 radical (unpaired) electrons. The van der Waals surface area contributed by atoms with Gasteiger partial charge in [0.25, 0.3) is 0 Å². The molecule has 12 heavy (non-hydrogen) atoms. The van der Waals surface area contributed by atoms with E-state index in [0.717, 1.165) is 18.4 Å². The van der Waals surface area contributed by atoms with Gasteiger partial charge >= 0.3 is 0 Å². The summed E-state index contributed by atoms with van der Waals surface area (Å²) in [7, 11) is 0. The molecule has 0 spiro atoms. The van der Waals surface area contributed by atoms with Crippen molar-refractivity contribution in [3.63, 3.8) is 0 Å². The van der Waals surface area contributed by atoms with Crippen LogP contribution in [0.1, 0.15) is 33.1 Å². The number of carbonyl (C=O) groups is 1. The lowest BCUT2D eigenvalue weighted by molar-refractivity contribution is -0.116. The summed E-state index contributed by atoms with van der Waals surface area (Å²) in [6.45, 7) is 7.98. The van der Waals surface area contributed by atoms with Crippen LogP contribution < -0.4 is 0 Å². The molecule has 1 heteroatoms. The zero-order valence-electron chi connectivity index (χ0n) is 7.89. The minimum atomic E-state index is 0.201. The Morgan fingerprint density at radius 3 is 2.92 bits per heavy atom. The first-order valence-corrected chi connectivity index (χ1v) is 4.41. The molecule has 0 aromatic heterocycles. The normalized spacial score (nSPS) is 21.8. The van der Waals surface area contributed by atoms with E-state index in [4.69, 9.17) is 0 Å². The Balaban J connectivity index is 2.84. The molecule has 0 aromatic carbocycles. The standard InChI is InChI=1S/C11H16O/c1-4-5-9-8-11(2,3)7-6-10(9)12/h4,8H,1,5-7H2,2-3H3. The smallest absolute Gasteiger partial charge is 0.158 e. The first kappa shape index (κ1) is 9.24. The molecule has 1 aliphatic rings. The van der Waals surface area contributed by atoms with Crippen LogP contribution in [-0.2, 0) is 4.79 Å². The average molecular weight is 164 g/mol. The van der Waals surface area contributed by atoms with Crippen molar-refractivity contribution in [2.45, 2.75) is 33.1 Å². The summed E-state index contributed by atoms with van der Waals surface area (Å²) in [4.78, 5) is 11.4. The molecule has 1 nitrogen and oxygen atoms in total. The molecule has 0 N–H and O–H groups in total. The molecule has 1 rings (SSSR count). The second-order valence-corrected chi connectivity index (χ2v) is 4.07. The lowest BCUT2D eigenvalue weighted by Crippen LogP contribution is -2.19. The van der Waals surface area contributed by atoms with E-state index in [2.05, 4.69) is 26.5 Å². The van der Waals surface area contributed by atoms with Crippen molar-refractivity contribution in [1.29, 1.82) is 0 Å². The Kier molecular flexibility index (Phi) is 2.51. The fourth-order valence-corrected chi connectivity index (χ4v) is 1.55. The van der Waals surface area contributed by atoms with E-state index in [0.29, 0.717) is 12.2 Å². The maximum atomic E-state index is 11.4. The number of hydrogen-bond donors (Lipinski definition) is 0. The SMILES string of the molecule is C=CCC1=CC(C)(C)CCC1=O. The van der Waals surface area contributed by atoms with Crippen LogP contribution in [0.25, 0.3) is 0 Å². The summed E-state index contributed by atoms with van der Waals surface area (Å²) in [5.74, 6) is 0.300. The highest BCUT2D eigenvalue weighted by Crippen LogP contribution is 2.32. The van der Waals surface area contributed by atoms with Gasteiger partial charge in [-0.3, -0.25) is 4.79 Å². The predicted molar refractivity (Wildman–Crippen MR) is 50.9 cm³/mol. The Hall–Kier alpha value is -0.850. The molecule has 66 valence electrons. The van der Waals surface area contributed by atoms with Gasteiger partial charge in [0, 0.05) is 6.42 Å². The highest BCUT2D eigenvalue weighted by Gasteiger charge is 2.24. The highest BCUT2D eigenvalue weighted by atomic mass is 16.1. The molecular weight excluding hydrogens is 148 g/mol. The highest BCUT2D eigenvalue weighted by molar-refractivity contribution is 5.96. The van der Waals surface area contributed by atoms with Gasteiger partial charge in [-0.1, -0.05) is 26.0 Å². The van der Waals surface area contributed by atoms with Gasteiger partial charge in [0.2, 0.25) is 0 Å². The van der Waals surface area contributed by atoms with Gasteiger partial charge in [-0.15, -0.1) is 6.58 Å². The van der Waals surface area contributed by atoms with E-state index >= 15 is 0 Å². The van der Waals surface area contributed by atoms with Gasteiger partial charge < -0.3 is 0 Å². The van der Waals surface area contributed by atoms with Crippen molar-refractivity contribution in [2.24, 2.45) is 5.41 Å². The maximum Gasteiger partial charge on any atom is 0.158 e. The van der Waals surface area contributed by atoms with Crippen LogP contribution in [0.15, 0.2) is 24.3 Å². The van der Waals surface area contributed by atoms with Crippen molar-refractivity contribution in [3.8, 4) is 0 Å². The predicted octanol–water partition coefficient (Wildman–Crippen LogP) is 2.88. The second kappa shape index (κ2) is 3.26. The van der Waals surface area contributed by atoms with Gasteiger partial charge in [-0.25, -0.2) is 0 Å². The molecule has 0 saturated heterocycles. The summed E-state index contributed by atoms with van der Waals surface area (Å²) in [6.07, 6.45) is 6.30.